The standard InChI is InChI=1S/C22H26N2O5S2/c1-3-20(15-6-8-18(9-7-15)30(2,26)27)23-31(28,29)19-10-11-21-17(14-19)12-13-24(21)22(25)16-4-5-16/h6-11,14,16,20,23H,3-5,12-13H2,1-2H3/t20-/m1/s1. The van der Waals surface area contributed by atoms with E-state index in [-0.39, 0.29) is 21.6 Å². The number of carbonyl (C=O) groups is 1. The predicted molar refractivity (Wildman–Crippen MR) is 118 cm³/mol. The van der Waals surface area contributed by atoms with Gasteiger partial charge in [-0.25, -0.2) is 21.6 Å². The molecule has 1 saturated carbocycles. The SMILES string of the molecule is CC[C@@H](NS(=O)(=O)c1ccc2c(c1)CCN2C(=O)C1CC1)c1ccc(S(C)(=O)=O)cc1. The van der Waals surface area contributed by atoms with Crippen molar-refractivity contribution in [3.63, 3.8) is 0 Å². The molecule has 2 aromatic rings. The molecule has 31 heavy (non-hydrogen) atoms. The van der Waals surface area contributed by atoms with Gasteiger partial charge in [0.25, 0.3) is 0 Å². The van der Waals surface area contributed by atoms with Crippen LogP contribution in [0, 0.1) is 5.92 Å². The van der Waals surface area contributed by atoms with E-state index >= 15 is 0 Å². The molecule has 166 valence electrons. The van der Waals surface area contributed by atoms with E-state index < -0.39 is 25.9 Å². The number of fused-ring (bicyclic) bond motifs is 1. The molecule has 1 heterocycles. The number of hydrogen-bond donors (Lipinski definition) is 1. The summed E-state index contributed by atoms with van der Waals surface area (Å²) in [7, 11) is -7.11. The van der Waals surface area contributed by atoms with E-state index in [0.29, 0.717) is 24.9 Å². The lowest BCUT2D eigenvalue weighted by molar-refractivity contribution is -0.119. The third-order valence-electron chi connectivity index (χ3n) is 5.87. The van der Waals surface area contributed by atoms with E-state index in [2.05, 4.69) is 4.72 Å². The van der Waals surface area contributed by atoms with Crippen LogP contribution in [-0.2, 0) is 31.1 Å². The highest BCUT2D eigenvalue weighted by Crippen LogP contribution is 2.37. The van der Waals surface area contributed by atoms with Crippen LogP contribution in [0.4, 0.5) is 5.69 Å². The van der Waals surface area contributed by atoms with Crippen molar-refractivity contribution in [2.24, 2.45) is 5.92 Å². The van der Waals surface area contributed by atoms with Gasteiger partial charge in [-0.1, -0.05) is 19.1 Å². The summed E-state index contributed by atoms with van der Waals surface area (Å²) < 4.78 is 52.1. The molecule has 1 atom stereocenters. The molecule has 1 amide bonds. The van der Waals surface area contributed by atoms with Crippen LogP contribution in [0.2, 0.25) is 0 Å². The van der Waals surface area contributed by atoms with Gasteiger partial charge in [-0.3, -0.25) is 4.79 Å². The van der Waals surface area contributed by atoms with Gasteiger partial charge in [0.05, 0.1) is 9.79 Å². The monoisotopic (exact) mass is 462 g/mol. The summed E-state index contributed by atoms with van der Waals surface area (Å²) in [5, 5.41) is 0. The second kappa shape index (κ2) is 8.03. The van der Waals surface area contributed by atoms with E-state index in [1.54, 1.807) is 35.2 Å². The van der Waals surface area contributed by atoms with Crippen molar-refractivity contribution in [1.82, 2.24) is 4.72 Å². The number of nitrogens with one attached hydrogen (secondary N) is 1. The van der Waals surface area contributed by atoms with Crippen LogP contribution in [0.3, 0.4) is 0 Å². The zero-order valence-corrected chi connectivity index (χ0v) is 19.2. The van der Waals surface area contributed by atoms with Crippen LogP contribution in [0.15, 0.2) is 52.3 Å². The van der Waals surface area contributed by atoms with Gasteiger partial charge in [0.15, 0.2) is 9.84 Å². The average Bonchev–Trinajstić information content (AvgIpc) is 3.50. The van der Waals surface area contributed by atoms with E-state index in [9.17, 15) is 21.6 Å². The summed E-state index contributed by atoms with van der Waals surface area (Å²) in [4.78, 5) is 14.6. The lowest BCUT2D eigenvalue weighted by Gasteiger charge is -2.19. The topological polar surface area (TPSA) is 101 Å². The number of rotatable bonds is 7. The van der Waals surface area contributed by atoms with Crippen LogP contribution in [0.5, 0.6) is 0 Å². The quantitative estimate of drug-likeness (QED) is 0.682. The number of anilines is 1. The Labute approximate surface area is 183 Å². The summed E-state index contributed by atoms with van der Waals surface area (Å²) in [6, 6.07) is 10.7. The van der Waals surface area contributed by atoms with Gasteiger partial charge < -0.3 is 4.90 Å². The van der Waals surface area contributed by atoms with E-state index in [4.69, 9.17) is 0 Å². The molecular weight excluding hydrogens is 436 g/mol. The lowest BCUT2D eigenvalue weighted by Crippen LogP contribution is -2.30. The Hall–Kier alpha value is -2.23. The zero-order valence-electron chi connectivity index (χ0n) is 17.5. The summed E-state index contributed by atoms with van der Waals surface area (Å²) in [6.07, 6.45) is 4.15. The van der Waals surface area contributed by atoms with E-state index in [1.165, 1.54) is 12.1 Å². The van der Waals surface area contributed by atoms with Crippen molar-refractivity contribution >= 4 is 31.5 Å². The van der Waals surface area contributed by atoms with Crippen molar-refractivity contribution < 1.29 is 21.6 Å². The van der Waals surface area contributed by atoms with Crippen LogP contribution in [0.25, 0.3) is 0 Å². The molecule has 4 rings (SSSR count). The van der Waals surface area contributed by atoms with Gasteiger partial charge in [0, 0.05) is 30.4 Å². The molecule has 1 N–H and O–H groups in total. The van der Waals surface area contributed by atoms with Crippen molar-refractivity contribution in [2.45, 2.75) is 48.4 Å². The number of sulfonamides is 1. The van der Waals surface area contributed by atoms with Gasteiger partial charge in [0.2, 0.25) is 15.9 Å². The molecule has 2 aliphatic rings. The van der Waals surface area contributed by atoms with Crippen molar-refractivity contribution in [3.8, 4) is 0 Å². The summed E-state index contributed by atoms with van der Waals surface area (Å²) in [6.45, 7) is 2.45. The van der Waals surface area contributed by atoms with Gasteiger partial charge >= 0.3 is 0 Å². The first-order chi connectivity index (χ1) is 14.6. The maximum absolute atomic E-state index is 13.0. The minimum absolute atomic E-state index is 0.121. The molecule has 0 unspecified atom stereocenters. The molecule has 1 fully saturated rings. The van der Waals surface area contributed by atoms with Crippen LogP contribution in [0.1, 0.15) is 43.4 Å². The highest BCUT2D eigenvalue weighted by atomic mass is 32.2. The highest BCUT2D eigenvalue weighted by molar-refractivity contribution is 7.90. The molecule has 1 aliphatic heterocycles. The van der Waals surface area contributed by atoms with Crippen molar-refractivity contribution in [2.75, 3.05) is 17.7 Å². The fraction of sp³-hybridized carbons (Fsp3) is 0.409. The molecule has 0 radical (unpaired) electrons. The molecule has 9 heteroatoms. The number of sulfone groups is 1. The molecule has 0 saturated heterocycles. The molecule has 7 nitrogen and oxygen atoms in total. The van der Waals surface area contributed by atoms with E-state index in [0.717, 1.165) is 30.3 Å². The summed E-state index contributed by atoms with van der Waals surface area (Å²) in [5.41, 5.74) is 2.36. The fourth-order valence-corrected chi connectivity index (χ4v) is 5.90. The molecule has 0 spiro atoms. The normalized spacial score (nSPS) is 17.4. The van der Waals surface area contributed by atoms with E-state index in [1.807, 2.05) is 6.92 Å². The third-order valence-corrected chi connectivity index (χ3v) is 8.46. The molecule has 0 bridgehead atoms. The van der Waals surface area contributed by atoms with Gasteiger partial charge in [-0.05, 0) is 67.1 Å². The Morgan fingerprint density at radius 2 is 1.71 bits per heavy atom. The zero-order chi connectivity index (χ0) is 22.4. The summed E-state index contributed by atoms with van der Waals surface area (Å²) >= 11 is 0. The average molecular weight is 463 g/mol. The first-order valence-electron chi connectivity index (χ1n) is 10.4. The first kappa shape index (κ1) is 22.0. The van der Waals surface area contributed by atoms with Gasteiger partial charge in [-0.15, -0.1) is 0 Å². The summed E-state index contributed by atoms with van der Waals surface area (Å²) in [5.74, 6) is 0.256. The maximum atomic E-state index is 13.0. The Morgan fingerprint density at radius 1 is 1.06 bits per heavy atom. The lowest BCUT2D eigenvalue weighted by atomic mass is 10.1. The van der Waals surface area contributed by atoms with Crippen molar-refractivity contribution in [1.29, 1.82) is 0 Å². The first-order valence-corrected chi connectivity index (χ1v) is 13.7. The number of amides is 1. The Morgan fingerprint density at radius 3 is 2.29 bits per heavy atom. The second-order valence-corrected chi connectivity index (χ2v) is 12.0. The molecule has 0 aromatic heterocycles. The van der Waals surface area contributed by atoms with Gasteiger partial charge in [-0.2, -0.15) is 0 Å². The predicted octanol–water partition coefficient (Wildman–Crippen LogP) is 2.82. The second-order valence-electron chi connectivity index (χ2n) is 8.23. The molecule has 1 aliphatic carbocycles. The highest BCUT2D eigenvalue weighted by Gasteiger charge is 2.36. The number of nitrogens with zero attached hydrogens (tertiary/aromatic N) is 1. The largest absolute Gasteiger partial charge is 0.312 e. The minimum atomic E-state index is -3.79. The Kier molecular flexibility index (Phi) is 5.70. The van der Waals surface area contributed by atoms with Crippen molar-refractivity contribution in [3.05, 3.63) is 53.6 Å². The molecule has 2 aromatic carbocycles. The minimum Gasteiger partial charge on any atom is -0.312 e. The Balaban J connectivity index is 1.55. The number of hydrogen-bond acceptors (Lipinski definition) is 5. The van der Waals surface area contributed by atoms with Crippen LogP contribution in [-0.4, -0.2) is 35.5 Å². The van der Waals surface area contributed by atoms with Crippen LogP contribution < -0.4 is 9.62 Å². The Bertz CT molecular complexity index is 1220. The molecular formula is C22H26N2O5S2. The maximum Gasteiger partial charge on any atom is 0.241 e. The number of benzene rings is 2. The number of carbonyl (C=O) groups excluding carboxylic acids is 1. The fourth-order valence-electron chi connectivity index (χ4n) is 3.91. The smallest absolute Gasteiger partial charge is 0.241 e. The van der Waals surface area contributed by atoms with Gasteiger partial charge in [0.1, 0.15) is 0 Å². The third kappa shape index (κ3) is 4.53. The van der Waals surface area contributed by atoms with Crippen LogP contribution >= 0.6 is 0 Å².